The zero-order chi connectivity index (χ0) is 55.8. The van der Waals surface area contributed by atoms with Crippen molar-refractivity contribution >= 4 is 0 Å². The number of rotatable bonds is 16. The van der Waals surface area contributed by atoms with Crippen LogP contribution in [0.25, 0.3) is 0 Å². The molecule has 0 spiro atoms. The summed E-state index contributed by atoms with van der Waals surface area (Å²) in [5.74, 6) is -0.556. The van der Waals surface area contributed by atoms with Crippen LogP contribution in [0.2, 0.25) is 0 Å². The van der Waals surface area contributed by atoms with Gasteiger partial charge in [0.15, 0.2) is 25.2 Å². The molecule has 4 aliphatic heterocycles. The van der Waals surface area contributed by atoms with Crippen LogP contribution in [0.1, 0.15) is 106 Å². The number of aliphatic hydroxyl groups excluding tert-OH is 15. The SMILES string of the molecule is C/C(=C\CC[C@](C)(O[C@@H]1O[C@H](CO[C@H]2OC[C@@H](O)[C@H](O)[C@H]2O)[C@@H](O)[C@H](O)[C@H]1O)[C@H]1CC[C@]2(C)[C@@H]1[C@H](O)C[C@@H]1[C@]3(C)CC[C@@H](O[C@@H]4O[C@H](CO)[C@@H](O)[C@H](O)[C@H]4O[C@@H]4O[C@H](CO)[C@@H](O)[C@H](O)[C@H]4O)C(C)(C)[C@H]3CC[C@]12C)CO. The van der Waals surface area contributed by atoms with Crippen LogP contribution in [0, 0.1) is 45.3 Å². The van der Waals surface area contributed by atoms with E-state index in [0.717, 1.165) is 24.8 Å². The van der Waals surface area contributed by atoms with Gasteiger partial charge in [0.25, 0.3) is 0 Å². The van der Waals surface area contributed by atoms with E-state index in [1.807, 2.05) is 19.9 Å². The summed E-state index contributed by atoms with van der Waals surface area (Å²) < 4.78 is 48.7. The highest BCUT2D eigenvalue weighted by Gasteiger charge is 2.72. The molecule has 0 amide bonds. The lowest BCUT2D eigenvalue weighted by Crippen LogP contribution is -2.68. The van der Waals surface area contributed by atoms with Gasteiger partial charge in [-0.25, -0.2) is 0 Å². The predicted molar refractivity (Wildman–Crippen MR) is 262 cm³/mol. The van der Waals surface area contributed by atoms with Crippen molar-refractivity contribution in [3.05, 3.63) is 11.6 Å². The smallest absolute Gasteiger partial charge is 0.187 e. The molecule has 29 atom stereocenters. The van der Waals surface area contributed by atoms with E-state index in [2.05, 4.69) is 34.6 Å². The van der Waals surface area contributed by atoms with Crippen molar-refractivity contribution in [2.75, 3.05) is 33.0 Å². The van der Waals surface area contributed by atoms with Gasteiger partial charge in [-0.1, -0.05) is 46.3 Å². The number of allylic oxidation sites excluding steroid dienone is 1. The van der Waals surface area contributed by atoms with Gasteiger partial charge in [-0.05, 0) is 117 Å². The molecule has 15 N–H and O–H groups in total. The van der Waals surface area contributed by atoms with Gasteiger partial charge in [0.1, 0.15) is 91.6 Å². The zero-order valence-electron chi connectivity index (χ0n) is 44.9. The van der Waals surface area contributed by atoms with Crippen LogP contribution >= 0.6 is 0 Å². The summed E-state index contributed by atoms with van der Waals surface area (Å²) in [5, 5.41) is 161. The van der Waals surface area contributed by atoms with Crippen LogP contribution in [0.15, 0.2) is 11.6 Å². The minimum Gasteiger partial charge on any atom is -0.394 e. The molecule has 0 bridgehead atoms. The zero-order valence-corrected chi connectivity index (χ0v) is 44.9. The lowest BCUT2D eigenvalue weighted by atomic mass is 9.35. The molecule has 8 aliphatic rings. The maximum absolute atomic E-state index is 12.8. The Morgan fingerprint density at radius 1 is 0.592 bits per heavy atom. The Hall–Kier alpha value is -1.18. The summed E-state index contributed by atoms with van der Waals surface area (Å²) in [5.41, 5.74) is -2.03. The molecule has 0 radical (unpaired) electrons. The maximum Gasteiger partial charge on any atom is 0.187 e. The fourth-order valence-corrected chi connectivity index (χ4v) is 16.0. The first-order valence-corrected chi connectivity index (χ1v) is 27.5. The van der Waals surface area contributed by atoms with Gasteiger partial charge < -0.3 is 114 Å². The first-order chi connectivity index (χ1) is 35.6. The summed E-state index contributed by atoms with van der Waals surface area (Å²) >= 11 is 0. The van der Waals surface area contributed by atoms with Crippen molar-refractivity contribution in [2.24, 2.45) is 45.3 Å². The van der Waals surface area contributed by atoms with Crippen molar-refractivity contribution in [3.63, 3.8) is 0 Å². The Morgan fingerprint density at radius 3 is 1.82 bits per heavy atom. The first kappa shape index (κ1) is 60.9. The van der Waals surface area contributed by atoms with Crippen LogP contribution in [-0.4, -0.2) is 244 Å². The molecular formula is C53H90O23. The molecule has 76 heavy (non-hydrogen) atoms. The van der Waals surface area contributed by atoms with E-state index >= 15 is 0 Å². The lowest BCUT2D eigenvalue weighted by molar-refractivity contribution is -0.378. The van der Waals surface area contributed by atoms with Crippen molar-refractivity contribution in [3.8, 4) is 0 Å². The molecule has 0 unspecified atom stereocenters. The maximum atomic E-state index is 12.8. The summed E-state index contributed by atoms with van der Waals surface area (Å²) in [6.45, 7) is 12.6. The average Bonchev–Trinajstić information content (AvgIpc) is 3.95. The standard InChI is InChI=1S/C53H90O23/c1-23(18-54)9-8-13-53(7,76-47-43(68)39(64)37(62)29(73-47)22-70-45-41(66)34(59)26(58)21-69-45)24-10-15-52(6)33(24)25(57)17-31-50(4)14-12-32(49(2,3)30(50)11-16-51(31,52)5)74-48-44(40(65)36(61)28(20-56)72-48)75-46-42(67)38(63)35(60)27(19-55)71-46/h9,24-48,54-68H,8,10-22H2,1-7H3/b23-9+/t24-,25+,26+,27+,28+,29+,30+,31+,32+,33-,34-,35+,36+,37+,38-,39-,40-,41+,42+,43+,44+,45+,46-,47-,48-,50+,51+,52+,53-/m0/s1. The van der Waals surface area contributed by atoms with Gasteiger partial charge in [-0.2, -0.15) is 0 Å². The van der Waals surface area contributed by atoms with Gasteiger partial charge in [-0.15, -0.1) is 0 Å². The molecule has 4 heterocycles. The number of hydrogen-bond acceptors (Lipinski definition) is 23. The molecule has 0 aromatic rings. The topological polar surface area (TPSA) is 377 Å². The number of hydrogen-bond donors (Lipinski definition) is 15. The molecule has 8 rings (SSSR count). The summed E-state index contributed by atoms with van der Waals surface area (Å²) in [6, 6.07) is 0. The van der Waals surface area contributed by atoms with E-state index in [9.17, 15) is 76.6 Å². The quantitative estimate of drug-likeness (QED) is 0.0557. The van der Waals surface area contributed by atoms with Crippen LogP contribution in [-0.2, 0) is 37.9 Å². The van der Waals surface area contributed by atoms with Gasteiger partial charge in [0, 0.05) is 0 Å². The van der Waals surface area contributed by atoms with Crippen molar-refractivity contribution in [1.82, 2.24) is 0 Å². The lowest BCUT2D eigenvalue weighted by Gasteiger charge is -2.71. The monoisotopic (exact) mass is 1090 g/mol. The Balaban J connectivity index is 1.02. The highest BCUT2D eigenvalue weighted by Crippen LogP contribution is 2.76. The Labute approximate surface area is 444 Å². The second-order valence-corrected chi connectivity index (χ2v) is 25.2. The highest BCUT2D eigenvalue weighted by molar-refractivity contribution is 5.21. The molecule has 0 aromatic heterocycles. The van der Waals surface area contributed by atoms with Crippen molar-refractivity contribution in [2.45, 2.75) is 241 Å². The number of aliphatic hydroxyl groups is 15. The van der Waals surface area contributed by atoms with E-state index in [-0.39, 0.29) is 47.7 Å². The van der Waals surface area contributed by atoms with Crippen LogP contribution in [0.5, 0.6) is 0 Å². The van der Waals surface area contributed by atoms with E-state index in [1.165, 1.54) is 0 Å². The Morgan fingerprint density at radius 2 is 1.17 bits per heavy atom. The van der Waals surface area contributed by atoms with Gasteiger partial charge in [0.05, 0.1) is 50.8 Å². The summed E-state index contributed by atoms with van der Waals surface area (Å²) in [7, 11) is 0. The molecule has 4 saturated carbocycles. The van der Waals surface area contributed by atoms with Gasteiger partial charge in [-0.3, -0.25) is 0 Å². The first-order valence-electron chi connectivity index (χ1n) is 27.5. The molecule has 23 nitrogen and oxygen atoms in total. The Bertz CT molecular complexity index is 1970. The highest BCUT2D eigenvalue weighted by atomic mass is 16.8. The number of ether oxygens (including phenoxy) is 8. The minimum absolute atomic E-state index is 0.0251. The summed E-state index contributed by atoms with van der Waals surface area (Å²) in [6.07, 6.45) is -23.7. The van der Waals surface area contributed by atoms with E-state index in [1.54, 1.807) is 0 Å². The fraction of sp³-hybridized carbons (Fsp3) is 0.962. The van der Waals surface area contributed by atoms with E-state index in [0.29, 0.717) is 38.5 Å². The second kappa shape index (κ2) is 23.2. The van der Waals surface area contributed by atoms with Gasteiger partial charge >= 0.3 is 0 Å². The molecular weight excluding hydrogens is 1000 g/mol. The third-order valence-electron chi connectivity index (χ3n) is 20.7. The average molecular weight is 1100 g/mol. The molecule has 8 fully saturated rings. The van der Waals surface area contributed by atoms with Crippen molar-refractivity contribution < 1.29 is 114 Å². The molecule has 4 saturated heterocycles. The number of fused-ring (bicyclic) bond motifs is 5. The van der Waals surface area contributed by atoms with Crippen LogP contribution in [0.3, 0.4) is 0 Å². The van der Waals surface area contributed by atoms with E-state index in [4.69, 9.17) is 37.9 Å². The van der Waals surface area contributed by atoms with E-state index < -0.39 is 165 Å². The predicted octanol–water partition coefficient (Wildman–Crippen LogP) is -2.59. The third-order valence-corrected chi connectivity index (χ3v) is 20.7. The van der Waals surface area contributed by atoms with Crippen LogP contribution < -0.4 is 0 Å². The normalized spacial score (nSPS) is 52.6. The largest absolute Gasteiger partial charge is 0.394 e. The molecule has 0 aromatic carbocycles. The van der Waals surface area contributed by atoms with Gasteiger partial charge in [0.2, 0.25) is 0 Å². The van der Waals surface area contributed by atoms with Crippen LogP contribution in [0.4, 0.5) is 0 Å². The Kier molecular flexibility index (Phi) is 18.6. The fourth-order valence-electron chi connectivity index (χ4n) is 16.0. The third kappa shape index (κ3) is 10.6. The second-order valence-electron chi connectivity index (χ2n) is 25.2. The molecule has 440 valence electrons. The summed E-state index contributed by atoms with van der Waals surface area (Å²) in [4.78, 5) is 0. The molecule has 4 aliphatic carbocycles. The van der Waals surface area contributed by atoms with Crippen molar-refractivity contribution in [1.29, 1.82) is 0 Å². The minimum atomic E-state index is -1.82. The molecule has 23 heteroatoms.